The van der Waals surface area contributed by atoms with Crippen molar-refractivity contribution >= 4 is 10.0 Å². The number of sulfonamides is 1. The Morgan fingerprint density at radius 3 is 2.44 bits per heavy atom. The minimum atomic E-state index is -4.30. The Kier molecular flexibility index (Phi) is 6.07. The van der Waals surface area contributed by atoms with Gasteiger partial charge >= 0.3 is 6.18 Å². The first-order valence-electron chi connectivity index (χ1n) is 10.4. The van der Waals surface area contributed by atoms with Gasteiger partial charge in [-0.05, 0) is 44.0 Å². The van der Waals surface area contributed by atoms with E-state index in [0.717, 1.165) is 12.8 Å². The molecule has 0 atom stereocenters. The number of hydrogen-bond donors (Lipinski definition) is 1. The SMILES string of the molecule is COC1(C)CN(Cc2nc(CCC(F)(F)F)nn2-c2ccc(S(=O)(=O)NC3CC3)cc2)C1. The molecule has 1 aliphatic heterocycles. The standard InChI is InChI=1S/C20H26F3N5O3S/c1-19(31-2)12-27(13-19)11-18-24-17(9-10-20(21,22)23)25-28(18)15-5-7-16(8-6-15)32(29,30)26-14-3-4-14/h5-8,14,26H,3-4,9-13H2,1-2H3. The number of nitrogens with zero attached hydrogens (tertiary/aromatic N) is 4. The normalized spacial score (nSPS) is 19.2. The summed E-state index contributed by atoms with van der Waals surface area (Å²) in [6.45, 7) is 3.70. The molecule has 0 bridgehead atoms. The fraction of sp³-hybridized carbons (Fsp3) is 0.600. The predicted molar refractivity (Wildman–Crippen MR) is 110 cm³/mol. The Bertz CT molecular complexity index is 1060. The van der Waals surface area contributed by atoms with Gasteiger partial charge in [-0.25, -0.2) is 22.8 Å². The van der Waals surface area contributed by atoms with Crippen molar-refractivity contribution < 1.29 is 26.3 Å². The molecule has 2 heterocycles. The summed E-state index contributed by atoms with van der Waals surface area (Å²) < 4.78 is 72.3. The topological polar surface area (TPSA) is 89.3 Å². The molecule has 1 saturated heterocycles. The van der Waals surface area contributed by atoms with Gasteiger partial charge in [-0.15, -0.1) is 0 Å². The largest absolute Gasteiger partial charge is 0.389 e. The molecule has 0 unspecified atom stereocenters. The quantitative estimate of drug-likeness (QED) is 0.602. The van der Waals surface area contributed by atoms with Gasteiger partial charge in [0.05, 0.1) is 29.1 Å². The Balaban J connectivity index is 1.55. The van der Waals surface area contributed by atoms with Crippen LogP contribution in [0.1, 0.15) is 37.8 Å². The molecule has 32 heavy (non-hydrogen) atoms. The number of alkyl halides is 3. The zero-order chi connectivity index (χ0) is 23.1. The van der Waals surface area contributed by atoms with E-state index in [-0.39, 0.29) is 28.8 Å². The van der Waals surface area contributed by atoms with Crippen LogP contribution in [-0.4, -0.2) is 66.1 Å². The van der Waals surface area contributed by atoms with Gasteiger partial charge in [0.1, 0.15) is 5.82 Å². The first kappa shape index (κ1) is 23.1. The molecule has 1 aromatic heterocycles. The third-order valence-electron chi connectivity index (χ3n) is 5.61. The Hall–Kier alpha value is -2.02. The number of aryl methyl sites for hydroxylation is 1. The second-order valence-corrected chi connectivity index (χ2v) is 10.4. The minimum Gasteiger partial charge on any atom is -0.376 e. The summed E-state index contributed by atoms with van der Waals surface area (Å²) in [4.78, 5) is 6.54. The second-order valence-electron chi connectivity index (χ2n) is 8.66. The van der Waals surface area contributed by atoms with E-state index in [4.69, 9.17) is 4.74 Å². The van der Waals surface area contributed by atoms with E-state index >= 15 is 0 Å². The highest BCUT2D eigenvalue weighted by Gasteiger charge is 2.39. The first-order chi connectivity index (χ1) is 15.0. The summed E-state index contributed by atoms with van der Waals surface area (Å²) in [6.07, 6.45) is -3.96. The van der Waals surface area contributed by atoms with Gasteiger partial charge in [0.25, 0.3) is 0 Å². The van der Waals surface area contributed by atoms with Gasteiger partial charge in [0.2, 0.25) is 10.0 Å². The van der Waals surface area contributed by atoms with E-state index in [9.17, 15) is 21.6 Å². The van der Waals surface area contributed by atoms with Crippen molar-refractivity contribution in [3.05, 3.63) is 35.9 Å². The first-order valence-corrected chi connectivity index (χ1v) is 11.9. The molecular formula is C20H26F3N5O3S. The maximum absolute atomic E-state index is 12.7. The Labute approximate surface area is 184 Å². The van der Waals surface area contributed by atoms with Gasteiger partial charge in [0, 0.05) is 32.7 Å². The van der Waals surface area contributed by atoms with Crippen molar-refractivity contribution in [3.8, 4) is 5.69 Å². The highest BCUT2D eigenvalue weighted by Crippen LogP contribution is 2.27. The number of ether oxygens (including phenoxy) is 1. The van der Waals surface area contributed by atoms with Crippen LogP contribution < -0.4 is 4.72 Å². The lowest BCUT2D eigenvalue weighted by molar-refractivity contribution is -0.134. The average molecular weight is 474 g/mol. The van der Waals surface area contributed by atoms with Crippen LogP contribution in [0.5, 0.6) is 0 Å². The van der Waals surface area contributed by atoms with Crippen molar-refractivity contribution in [2.24, 2.45) is 0 Å². The number of halogens is 3. The third-order valence-corrected chi connectivity index (χ3v) is 7.15. The maximum Gasteiger partial charge on any atom is 0.389 e. The molecule has 2 aromatic rings. The van der Waals surface area contributed by atoms with Crippen molar-refractivity contribution in [3.63, 3.8) is 0 Å². The van der Waals surface area contributed by atoms with Gasteiger partial charge in [-0.2, -0.15) is 18.3 Å². The summed E-state index contributed by atoms with van der Waals surface area (Å²) in [6, 6.07) is 6.09. The number of aromatic nitrogens is 3. The fourth-order valence-corrected chi connectivity index (χ4v) is 4.96. The smallest absolute Gasteiger partial charge is 0.376 e. The lowest BCUT2D eigenvalue weighted by atomic mass is 9.96. The summed E-state index contributed by atoms with van der Waals surface area (Å²) in [7, 11) is -1.96. The van der Waals surface area contributed by atoms with E-state index in [1.54, 1.807) is 19.2 Å². The van der Waals surface area contributed by atoms with E-state index in [1.807, 2.05) is 6.92 Å². The number of benzene rings is 1. The van der Waals surface area contributed by atoms with Crippen LogP contribution >= 0.6 is 0 Å². The fourth-order valence-electron chi connectivity index (χ4n) is 3.66. The van der Waals surface area contributed by atoms with Crippen LogP contribution in [-0.2, 0) is 27.7 Å². The van der Waals surface area contributed by atoms with E-state index in [1.165, 1.54) is 16.8 Å². The lowest BCUT2D eigenvalue weighted by Crippen LogP contribution is -2.60. The van der Waals surface area contributed by atoms with Crippen molar-refractivity contribution in [2.45, 2.75) is 61.9 Å². The number of nitrogens with one attached hydrogen (secondary N) is 1. The second kappa shape index (κ2) is 8.40. The predicted octanol–water partition coefficient (Wildman–Crippen LogP) is 2.42. The van der Waals surface area contributed by atoms with Crippen LogP contribution in [0.4, 0.5) is 13.2 Å². The number of rotatable bonds is 9. The Morgan fingerprint density at radius 1 is 1.22 bits per heavy atom. The van der Waals surface area contributed by atoms with Gasteiger partial charge in [-0.1, -0.05) is 0 Å². The summed E-state index contributed by atoms with van der Waals surface area (Å²) in [5, 5.41) is 4.28. The van der Waals surface area contributed by atoms with E-state index < -0.39 is 22.6 Å². The number of likely N-dealkylation sites (tertiary alicyclic amines) is 1. The molecule has 176 valence electrons. The lowest BCUT2D eigenvalue weighted by Gasteiger charge is -2.46. The molecule has 1 aliphatic carbocycles. The minimum absolute atomic E-state index is 0.00732. The van der Waals surface area contributed by atoms with Crippen molar-refractivity contribution in [2.75, 3.05) is 20.2 Å². The van der Waals surface area contributed by atoms with Crippen molar-refractivity contribution in [1.82, 2.24) is 24.4 Å². The number of hydrogen-bond acceptors (Lipinski definition) is 6. The molecule has 0 amide bonds. The third kappa shape index (κ3) is 5.48. The molecule has 4 rings (SSSR count). The average Bonchev–Trinajstić information content (AvgIpc) is 3.41. The van der Waals surface area contributed by atoms with E-state index in [2.05, 4.69) is 19.7 Å². The highest BCUT2D eigenvalue weighted by molar-refractivity contribution is 7.89. The van der Waals surface area contributed by atoms with Crippen LogP contribution in [0.2, 0.25) is 0 Å². The zero-order valence-corrected chi connectivity index (χ0v) is 18.7. The molecular weight excluding hydrogens is 447 g/mol. The maximum atomic E-state index is 12.7. The summed E-state index contributed by atoms with van der Waals surface area (Å²) >= 11 is 0. The van der Waals surface area contributed by atoms with Crippen LogP contribution in [0, 0.1) is 0 Å². The number of methoxy groups -OCH3 is 1. The zero-order valence-electron chi connectivity index (χ0n) is 17.9. The van der Waals surface area contributed by atoms with E-state index in [0.29, 0.717) is 31.1 Å². The molecule has 8 nitrogen and oxygen atoms in total. The monoisotopic (exact) mass is 473 g/mol. The molecule has 2 aliphatic rings. The van der Waals surface area contributed by atoms with Crippen LogP contribution in [0.25, 0.3) is 5.69 Å². The molecule has 2 fully saturated rings. The van der Waals surface area contributed by atoms with Crippen LogP contribution in [0.15, 0.2) is 29.2 Å². The molecule has 1 aromatic carbocycles. The molecule has 1 N–H and O–H groups in total. The molecule has 12 heteroatoms. The van der Waals surface area contributed by atoms with Crippen molar-refractivity contribution in [1.29, 1.82) is 0 Å². The summed E-state index contributed by atoms with van der Waals surface area (Å²) in [5.74, 6) is 0.589. The Morgan fingerprint density at radius 2 is 1.88 bits per heavy atom. The van der Waals surface area contributed by atoms with Gasteiger partial charge in [-0.3, -0.25) is 4.90 Å². The van der Waals surface area contributed by atoms with Gasteiger partial charge in [0.15, 0.2) is 5.82 Å². The molecule has 0 spiro atoms. The molecule has 0 radical (unpaired) electrons. The molecule has 1 saturated carbocycles. The highest BCUT2D eigenvalue weighted by atomic mass is 32.2. The van der Waals surface area contributed by atoms with Gasteiger partial charge < -0.3 is 4.74 Å². The van der Waals surface area contributed by atoms with Crippen LogP contribution in [0.3, 0.4) is 0 Å². The summed E-state index contributed by atoms with van der Waals surface area (Å²) in [5.41, 5.74) is 0.278.